The topological polar surface area (TPSA) is 50.7 Å². The highest BCUT2D eigenvalue weighted by atomic mass is 79.9. The zero-order valence-electron chi connectivity index (χ0n) is 12.1. The minimum atomic E-state index is 0.673. The maximum atomic E-state index is 4.61. The standard InChI is InChI=1S/C15H19BrN4/c1-4-9-17-15-13(16)11(5-2)19-14(20-15)12-8-6-7-10(3)18-12/h6-8H,4-5,9H2,1-3H3,(H,17,19,20). The van der Waals surface area contributed by atoms with Crippen LogP contribution in [0, 0.1) is 6.92 Å². The number of aromatic nitrogens is 3. The Balaban J connectivity index is 2.48. The van der Waals surface area contributed by atoms with Gasteiger partial charge in [-0.05, 0) is 47.8 Å². The van der Waals surface area contributed by atoms with Gasteiger partial charge in [0.25, 0.3) is 0 Å². The van der Waals surface area contributed by atoms with Crippen LogP contribution in [0.25, 0.3) is 11.5 Å². The van der Waals surface area contributed by atoms with Crippen molar-refractivity contribution < 1.29 is 0 Å². The van der Waals surface area contributed by atoms with E-state index < -0.39 is 0 Å². The third-order valence-electron chi connectivity index (χ3n) is 2.91. The van der Waals surface area contributed by atoms with Gasteiger partial charge in [-0.25, -0.2) is 15.0 Å². The van der Waals surface area contributed by atoms with Crippen molar-refractivity contribution >= 4 is 21.7 Å². The molecule has 0 saturated heterocycles. The average Bonchev–Trinajstić information content (AvgIpc) is 2.46. The third-order valence-corrected chi connectivity index (χ3v) is 3.75. The first-order valence-corrected chi connectivity index (χ1v) is 7.69. The first-order chi connectivity index (χ1) is 9.65. The van der Waals surface area contributed by atoms with Crippen molar-refractivity contribution in [1.82, 2.24) is 15.0 Å². The molecule has 0 aliphatic heterocycles. The van der Waals surface area contributed by atoms with Crippen molar-refractivity contribution in [3.8, 4) is 11.5 Å². The summed E-state index contributed by atoms with van der Waals surface area (Å²) in [6, 6.07) is 5.90. The molecule has 2 rings (SSSR count). The fourth-order valence-corrected chi connectivity index (χ4v) is 2.47. The van der Waals surface area contributed by atoms with E-state index in [1.165, 1.54) is 0 Å². The number of aryl methyl sites for hydroxylation is 2. The second-order valence-electron chi connectivity index (χ2n) is 4.60. The summed E-state index contributed by atoms with van der Waals surface area (Å²) >= 11 is 3.58. The van der Waals surface area contributed by atoms with Gasteiger partial charge in [0.1, 0.15) is 11.5 Å². The molecule has 0 aromatic carbocycles. The highest BCUT2D eigenvalue weighted by Crippen LogP contribution is 2.27. The van der Waals surface area contributed by atoms with Gasteiger partial charge in [0.05, 0.1) is 10.2 Å². The van der Waals surface area contributed by atoms with E-state index >= 15 is 0 Å². The van der Waals surface area contributed by atoms with Gasteiger partial charge < -0.3 is 5.32 Å². The molecule has 2 heterocycles. The molecular weight excluding hydrogens is 316 g/mol. The van der Waals surface area contributed by atoms with Crippen LogP contribution >= 0.6 is 15.9 Å². The normalized spacial score (nSPS) is 10.6. The number of nitrogens with one attached hydrogen (secondary N) is 1. The number of hydrogen-bond acceptors (Lipinski definition) is 4. The van der Waals surface area contributed by atoms with Crippen molar-refractivity contribution in [3.05, 3.63) is 34.1 Å². The maximum absolute atomic E-state index is 4.61. The summed E-state index contributed by atoms with van der Waals surface area (Å²) in [6.45, 7) is 7.08. The summed E-state index contributed by atoms with van der Waals surface area (Å²) < 4.78 is 0.949. The van der Waals surface area contributed by atoms with Gasteiger partial charge in [-0.2, -0.15) is 0 Å². The number of halogens is 1. The van der Waals surface area contributed by atoms with Gasteiger partial charge in [0, 0.05) is 12.2 Å². The maximum Gasteiger partial charge on any atom is 0.180 e. The predicted molar refractivity (Wildman–Crippen MR) is 85.9 cm³/mol. The van der Waals surface area contributed by atoms with Crippen molar-refractivity contribution in [2.75, 3.05) is 11.9 Å². The van der Waals surface area contributed by atoms with Crippen molar-refractivity contribution in [2.45, 2.75) is 33.6 Å². The van der Waals surface area contributed by atoms with Crippen molar-refractivity contribution in [1.29, 1.82) is 0 Å². The van der Waals surface area contributed by atoms with Gasteiger partial charge in [0.15, 0.2) is 5.82 Å². The van der Waals surface area contributed by atoms with E-state index in [1.807, 2.05) is 25.1 Å². The molecule has 0 spiro atoms. The highest BCUT2D eigenvalue weighted by Gasteiger charge is 2.12. The molecule has 1 N–H and O–H groups in total. The molecule has 2 aromatic rings. The number of nitrogens with zero attached hydrogens (tertiary/aromatic N) is 3. The van der Waals surface area contributed by atoms with E-state index in [1.54, 1.807) is 0 Å². The highest BCUT2D eigenvalue weighted by molar-refractivity contribution is 9.10. The summed E-state index contributed by atoms with van der Waals surface area (Å²) in [6.07, 6.45) is 1.90. The number of rotatable bonds is 5. The van der Waals surface area contributed by atoms with E-state index in [9.17, 15) is 0 Å². The zero-order valence-corrected chi connectivity index (χ0v) is 13.7. The van der Waals surface area contributed by atoms with Gasteiger partial charge in [-0.3, -0.25) is 0 Å². The second-order valence-corrected chi connectivity index (χ2v) is 5.39. The fourth-order valence-electron chi connectivity index (χ4n) is 1.87. The molecule has 0 unspecified atom stereocenters. The molecule has 20 heavy (non-hydrogen) atoms. The molecule has 0 aliphatic rings. The third kappa shape index (κ3) is 3.33. The number of hydrogen-bond donors (Lipinski definition) is 1. The van der Waals surface area contributed by atoms with Crippen molar-refractivity contribution in [3.63, 3.8) is 0 Å². The van der Waals surface area contributed by atoms with E-state index in [2.05, 4.69) is 50.0 Å². The van der Waals surface area contributed by atoms with E-state index in [4.69, 9.17) is 0 Å². The summed E-state index contributed by atoms with van der Waals surface area (Å²) in [4.78, 5) is 13.7. The largest absolute Gasteiger partial charge is 0.369 e. The lowest BCUT2D eigenvalue weighted by Gasteiger charge is -2.11. The molecule has 5 heteroatoms. The second kappa shape index (κ2) is 6.79. The SMILES string of the molecule is CCCNc1nc(-c2cccc(C)n2)nc(CC)c1Br. The predicted octanol–water partition coefficient (Wildman–Crippen LogP) is 3.99. The Labute approximate surface area is 128 Å². The van der Waals surface area contributed by atoms with E-state index in [0.717, 1.165) is 46.8 Å². The average molecular weight is 335 g/mol. The Morgan fingerprint density at radius 2 is 1.95 bits per heavy atom. The van der Waals surface area contributed by atoms with Crippen molar-refractivity contribution in [2.24, 2.45) is 0 Å². The monoisotopic (exact) mass is 334 g/mol. The quantitative estimate of drug-likeness (QED) is 0.897. The molecule has 0 fully saturated rings. The summed E-state index contributed by atoms with van der Waals surface area (Å²) in [5.41, 5.74) is 2.78. The molecule has 0 saturated carbocycles. The Morgan fingerprint density at radius 1 is 1.15 bits per heavy atom. The Kier molecular flexibility index (Phi) is 5.06. The van der Waals surface area contributed by atoms with Gasteiger partial charge in [0.2, 0.25) is 0 Å². The Hall–Kier alpha value is -1.49. The van der Waals surface area contributed by atoms with Crippen LogP contribution in [-0.4, -0.2) is 21.5 Å². The molecular formula is C15H19BrN4. The first kappa shape index (κ1) is 14.9. The summed E-state index contributed by atoms with van der Waals surface area (Å²) in [5, 5.41) is 3.34. The lowest BCUT2D eigenvalue weighted by molar-refractivity contribution is 0.940. The molecule has 2 aromatic heterocycles. The van der Waals surface area contributed by atoms with Crippen LogP contribution in [0.1, 0.15) is 31.7 Å². The van der Waals surface area contributed by atoms with Gasteiger partial charge in [-0.1, -0.05) is 19.9 Å². The van der Waals surface area contributed by atoms with Gasteiger partial charge in [-0.15, -0.1) is 0 Å². The first-order valence-electron chi connectivity index (χ1n) is 6.90. The van der Waals surface area contributed by atoms with Crippen LogP contribution in [0.4, 0.5) is 5.82 Å². The van der Waals surface area contributed by atoms with Crippen LogP contribution in [0.5, 0.6) is 0 Å². The van der Waals surface area contributed by atoms with E-state index in [0.29, 0.717) is 5.82 Å². The minimum absolute atomic E-state index is 0.673. The zero-order chi connectivity index (χ0) is 14.5. The number of pyridine rings is 1. The molecule has 4 nitrogen and oxygen atoms in total. The lowest BCUT2D eigenvalue weighted by Crippen LogP contribution is -2.07. The molecule has 0 radical (unpaired) electrons. The Bertz CT molecular complexity index is 598. The summed E-state index contributed by atoms with van der Waals surface area (Å²) in [7, 11) is 0. The van der Waals surface area contributed by atoms with E-state index in [-0.39, 0.29) is 0 Å². The van der Waals surface area contributed by atoms with Crippen LogP contribution < -0.4 is 5.32 Å². The lowest BCUT2D eigenvalue weighted by atomic mass is 10.2. The molecule has 106 valence electrons. The van der Waals surface area contributed by atoms with Gasteiger partial charge >= 0.3 is 0 Å². The smallest absolute Gasteiger partial charge is 0.180 e. The molecule has 0 atom stereocenters. The molecule has 0 bridgehead atoms. The summed E-state index contributed by atoms with van der Waals surface area (Å²) in [5.74, 6) is 1.52. The fraction of sp³-hybridized carbons (Fsp3) is 0.400. The van der Waals surface area contributed by atoms with Crippen LogP contribution in [0.3, 0.4) is 0 Å². The minimum Gasteiger partial charge on any atom is -0.369 e. The Morgan fingerprint density at radius 3 is 2.60 bits per heavy atom. The van der Waals surface area contributed by atoms with Crippen LogP contribution in [0.15, 0.2) is 22.7 Å². The molecule has 0 aliphatic carbocycles. The number of anilines is 1. The van der Waals surface area contributed by atoms with Crippen LogP contribution in [0.2, 0.25) is 0 Å². The molecule has 0 amide bonds. The van der Waals surface area contributed by atoms with Crippen LogP contribution in [-0.2, 0) is 6.42 Å².